The molecule has 1 unspecified atom stereocenters. The van der Waals surface area contributed by atoms with E-state index in [-0.39, 0.29) is 11.9 Å². The number of carbonyl (C=O) groups excluding carboxylic acids is 2. The van der Waals surface area contributed by atoms with Crippen LogP contribution in [0, 0.1) is 0 Å². The van der Waals surface area contributed by atoms with Crippen LogP contribution in [0.4, 0.5) is 10.5 Å². The van der Waals surface area contributed by atoms with Gasteiger partial charge in [0.25, 0.3) is 0 Å². The van der Waals surface area contributed by atoms with Crippen LogP contribution in [0.15, 0.2) is 36.5 Å². The molecule has 7 nitrogen and oxygen atoms in total. The molecule has 0 aliphatic heterocycles. The molecule has 154 valence electrons. The normalized spacial score (nSPS) is 14.9. The zero-order valence-electron chi connectivity index (χ0n) is 15.9. The maximum atomic E-state index is 12.2. The van der Waals surface area contributed by atoms with Gasteiger partial charge in [0.15, 0.2) is 0 Å². The molecule has 3 rings (SSSR count). The van der Waals surface area contributed by atoms with Gasteiger partial charge in [0.2, 0.25) is 11.8 Å². The van der Waals surface area contributed by atoms with Gasteiger partial charge in [-0.15, -0.1) is 0 Å². The summed E-state index contributed by atoms with van der Waals surface area (Å²) in [7, 11) is 0. The highest BCUT2D eigenvalue weighted by atomic mass is 35.5. The molecule has 1 aromatic heterocycles. The zero-order valence-corrected chi connectivity index (χ0v) is 17.4. The third-order valence-corrected chi connectivity index (χ3v) is 5.02. The van der Waals surface area contributed by atoms with Crippen molar-refractivity contribution in [2.24, 2.45) is 0 Å². The number of pyridine rings is 1. The second-order valence-electron chi connectivity index (χ2n) is 6.88. The van der Waals surface area contributed by atoms with E-state index in [9.17, 15) is 9.59 Å². The Morgan fingerprint density at radius 2 is 1.86 bits per heavy atom. The lowest BCUT2D eigenvalue weighted by Gasteiger charge is -2.17. The lowest BCUT2D eigenvalue weighted by molar-refractivity contribution is -0.120. The van der Waals surface area contributed by atoms with E-state index in [1.54, 1.807) is 37.3 Å². The Morgan fingerprint density at radius 1 is 1.17 bits per heavy atom. The Morgan fingerprint density at radius 3 is 2.52 bits per heavy atom. The molecule has 2 aromatic rings. The van der Waals surface area contributed by atoms with Crippen molar-refractivity contribution in [3.05, 3.63) is 46.6 Å². The van der Waals surface area contributed by atoms with Crippen molar-refractivity contribution in [2.45, 2.75) is 44.7 Å². The maximum Gasteiger partial charge on any atom is 0.321 e. The van der Waals surface area contributed by atoms with Crippen molar-refractivity contribution in [1.29, 1.82) is 0 Å². The summed E-state index contributed by atoms with van der Waals surface area (Å²) in [5.74, 6) is 0.371. The molecule has 1 atom stereocenters. The molecular weight excluding hydrogens is 415 g/mol. The Hall–Kier alpha value is -2.51. The smallest absolute Gasteiger partial charge is 0.321 e. The average Bonchev–Trinajstić information content (AvgIpc) is 3.18. The molecule has 1 aromatic carbocycles. The molecule has 3 amide bonds. The number of ether oxygens (including phenoxy) is 1. The van der Waals surface area contributed by atoms with Gasteiger partial charge >= 0.3 is 6.03 Å². The molecule has 1 aliphatic rings. The van der Waals surface area contributed by atoms with Crippen LogP contribution in [0.25, 0.3) is 0 Å². The van der Waals surface area contributed by atoms with Crippen molar-refractivity contribution in [3.63, 3.8) is 0 Å². The molecule has 29 heavy (non-hydrogen) atoms. The van der Waals surface area contributed by atoms with Crippen LogP contribution in [0.2, 0.25) is 10.0 Å². The summed E-state index contributed by atoms with van der Waals surface area (Å²) in [6, 6.07) is 7.59. The number of urea groups is 1. The largest absolute Gasteiger partial charge is 0.438 e. The number of rotatable bonds is 6. The SMILES string of the molecule is CC(Nc1ccc(Oc2ncc(Cl)cc2Cl)cc1)C(=O)NC(=O)NC1CCCC1. The quantitative estimate of drug-likeness (QED) is 0.607. The molecule has 1 fully saturated rings. The summed E-state index contributed by atoms with van der Waals surface area (Å²) in [4.78, 5) is 28.2. The number of nitrogens with zero attached hydrogens (tertiary/aromatic N) is 1. The summed E-state index contributed by atoms with van der Waals surface area (Å²) < 4.78 is 5.63. The van der Waals surface area contributed by atoms with Crippen LogP contribution in [0.5, 0.6) is 11.6 Å². The fraction of sp³-hybridized carbons (Fsp3) is 0.350. The molecule has 0 bridgehead atoms. The minimum absolute atomic E-state index is 0.155. The van der Waals surface area contributed by atoms with E-state index in [4.69, 9.17) is 27.9 Å². The van der Waals surface area contributed by atoms with Crippen LogP contribution in [0.1, 0.15) is 32.6 Å². The molecule has 0 radical (unpaired) electrons. The standard InChI is InChI=1S/C20H22Cl2N4O3/c1-12(18(27)26-20(28)25-14-4-2-3-5-14)24-15-6-8-16(9-7-15)29-19-17(22)10-13(21)11-23-19/h6-12,14,24H,2-5H2,1H3,(H2,25,26,27,28). The molecule has 1 aliphatic carbocycles. The van der Waals surface area contributed by atoms with E-state index in [1.165, 1.54) is 6.20 Å². The van der Waals surface area contributed by atoms with Gasteiger partial charge in [-0.1, -0.05) is 36.0 Å². The minimum atomic E-state index is -0.594. The van der Waals surface area contributed by atoms with Crippen molar-refractivity contribution >= 4 is 40.8 Å². The summed E-state index contributed by atoms with van der Waals surface area (Å²) in [6.45, 7) is 1.68. The van der Waals surface area contributed by atoms with Gasteiger partial charge < -0.3 is 15.4 Å². The first kappa shape index (κ1) is 21.2. The molecule has 1 saturated carbocycles. The van der Waals surface area contributed by atoms with Crippen molar-refractivity contribution < 1.29 is 14.3 Å². The fourth-order valence-electron chi connectivity index (χ4n) is 3.04. The van der Waals surface area contributed by atoms with E-state index < -0.39 is 18.0 Å². The average molecular weight is 437 g/mol. The number of benzene rings is 1. The molecular formula is C20H22Cl2N4O3. The van der Waals surface area contributed by atoms with E-state index in [2.05, 4.69) is 20.9 Å². The first-order valence-electron chi connectivity index (χ1n) is 9.37. The molecule has 9 heteroatoms. The van der Waals surface area contributed by atoms with Gasteiger partial charge in [-0.25, -0.2) is 9.78 Å². The van der Waals surface area contributed by atoms with Crippen LogP contribution >= 0.6 is 23.2 Å². The highest BCUT2D eigenvalue weighted by Crippen LogP contribution is 2.29. The predicted octanol–water partition coefficient (Wildman–Crippen LogP) is 4.75. The fourth-order valence-corrected chi connectivity index (χ4v) is 3.45. The molecule has 1 heterocycles. The number of anilines is 1. The van der Waals surface area contributed by atoms with Gasteiger partial charge in [-0.05, 0) is 50.1 Å². The zero-order chi connectivity index (χ0) is 20.8. The molecule has 0 saturated heterocycles. The number of carbonyl (C=O) groups is 2. The van der Waals surface area contributed by atoms with Crippen LogP contribution < -0.4 is 20.7 Å². The lowest BCUT2D eigenvalue weighted by Crippen LogP contribution is -2.48. The van der Waals surface area contributed by atoms with Gasteiger partial charge in [0.1, 0.15) is 16.8 Å². The van der Waals surface area contributed by atoms with Crippen LogP contribution in [0.3, 0.4) is 0 Å². The first-order valence-corrected chi connectivity index (χ1v) is 10.1. The van der Waals surface area contributed by atoms with Gasteiger partial charge in [-0.2, -0.15) is 0 Å². The van der Waals surface area contributed by atoms with E-state index in [1.807, 2.05) is 0 Å². The molecule has 0 spiro atoms. The third kappa shape index (κ3) is 6.24. The number of amides is 3. The summed E-state index contributed by atoms with van der Waals surface area (Å²) in [5.41, 5.74) is 0.700. The number of aromatic nitrogens is 1. The van der Waals surface area contributed by atoms with Gasteiger partial charge in [0, 0.05) is 17.9 Å². The van der Waals surface area contributed by atoms with Crippen LogP contribution in [-0.4, -0.2) is 29.0 Å². The van der Waals surface area contributed by atoms with Crippen molar-refractivity contribution in [1.82, 2.24) is 15.6 Å². The number of hydrogen-bond acceptors (Lipinski definition) is 5. The van der Waals surface area contributed by atoms with E-state index in [0.717, 1.165) is 25.7 Å². The van der Waals surface area contributed by atoms with Crippen molar-refractivity contribution in [2.75, 3.05) is 5.32 Å². The summed E-state index contributed by atoms with van der Waals surface area (Å²) in [5, 5.41) is 8.97. The topological polar surface area (TPSA) is 92.3 Å². The lowest BCUT2D eigenvalue weighted by atomic mass is 10.2. The Labute approximate surface area is 179 Å². The van der Waals surface area contributed by atoms with Crippen LogP contribution in [-0.2, 0) is 4.79 Å². The third-order valence-electron chi connectivity index (χ3n) is 4.55. The summed E-state index contributed by atoms with van der Waals surface area (Å²) >= 11 is 11.9. The Kier molecular flexibility index (Phi) is 7.17. The summed E-state index contributed by atoms with van der Waals surface area (Å²) in [6.07, 6.45) is 5.58. The monoisotopic (exact) mass is 436 g/mol. The maximum absolute atomic E-state index is 12.2. The van der Waals surface area contributed by atoms with E-state index >= 15 is 0 Å². The highest BCUT2D eigenvalue weighted by Gasteiger charge is 2.20. The van der Waals surface area contributed by atoms with Crippen molar-refractivity contribution in [3.8, 4) is 11.6 Å². The Balaban J connectivity index is 1.50. The second kappa shape index (κ2) is 9.80. The number of hydrogen-bond donors (Lipinski definition) is 3. The minimum Gasteiger partial charge on any atom is -0.438 e. The van der Waals surface area contributed by atoms with Gasteiger partial charge in [0.05, 0.1) is 5.02 Å². The first-order chi connectivity index (χ1) is 13.9. The van der Waals surface area contributed by atoms with E-state index in [0.29, 0.717) is 21.5 Å². The Bertz CT molecular complexity index is 871. The number of imide groups is 1. The highest BCUT2D eigenvalue weighted by molar-refractivity contribution is 6.35. The predicted molar refractivity (Wildman–Crippen MR) is 113 cm³/mol. The van der Waals surface area contributed by atoms with Gasteiger partial charge in [-0.3, -0.25) is 10.1 Å². The number of halogens is 2. The number of nitrogens with one attached hydrogen (secondary N) is 3. The molecule has 3 N–H and O–H groups in total. The second-order valence-corrected chi connectivity index (χ2v) is 7.72.